The van der Waals surface area contributed by atoms with E-state index in [9.17, 15) is 10.2 Å². The molecule has 1 unspecified atom stereocenters. The molecule has 4 nitrogen and oxygen atoms in total. The molecule has 0 aromatic heterocycles. The van der Waals surface area contributed by atoms with Crippen LogP contribution in [0, 0.1) is 0 Å². The molecule has 4 heteroatoms. The van der Waals surface area contributed by atoms with E-state index in [4.69, 9.17) is 5.11 Å². The lowest BCUT2D eigenvalue weighted by atomic mass is 10.1. The van der Waals surface area contributed by atoms with Crippen molar-refractivity contribution in [2.75, 3.05) is 5.32 Å². The number of rotatable bonds is 4. The maximum Gasteiger partial charge on any atom is 0.119 e. The Morgan fingerprint density at radius 1 is 1.05 bits per heavy atom. The van der Waals surface area contributed by atoms with Crippen LogP contribution in [0.15, 0.2) is 42.5 Å². The lowest BCUT2D eigenvalue weighted by Gasteiger charge is -2.16. The van der Waals surface area contributed by atoms with Crippen LogP contribution < -0.4 is 5.32 Å². The molecule has 0 aliphatic rings. The first-order chi connectivity index (χ1) is 9.08. The van der Waals surface area contributed by atoms with Gasteiger partial charge in [-0.15, -0.1) is 0 Å². The average molecular weight is 259 g/mol. The zero-order chi connectivity index (χ0) is 13.8. The van der Waals surface area contributed by atoms with E-state index in [1.807, 2.05) is 31.2 Å². The summed E-state index contributed by atoms with van der Waals surface area (Å²) in [5.74, 6) is 0.0699. The summed E-state index contributed by atoms with van der Waals surface area (Å²) in [5, 5.41) is 31.3. The van der Waals surface area contributed by atoms with Gasteiger partial charge in [0.05, 0.1) is 6.61 Å². The number of anilines is 1. The van der Waals surface area contributed by atoms with Gasteiger partial charge in [0.2, 0.25) is 0 Å². The zero-order valence-corrected chi connectivity index (χ0v) is 10.7. The zero-order valence-electron chi connectivity index (χ0n) is 10.7. The monoisotopic (exact) mass is 259 g/mol. The van der Waals surface area contributed by atoms with Gasteiger partial charge in [0, 0.05) is 17.8 Å². The number of phenols is 2. The molecule has 0 spiro atoms. The number of nitrogens with one attached hydrogen (secondary N) is 1. The molecule has 2 aromatic rings. The first kappa shape index (κ1) is 13.2. The summed E-state index contributed by atoms with van der Waals surface area (Å²) in [6.45, 7) is 1.93. The van der Waals surface area contributed by atoms with Gasteiger partial charge in [-0.1, -0.05) is 12.1 Å². The number of aliphatic hydroxyl groups excluding tert-OH is 1. The normalized spacial score (nSPS) is 12.1. The van der Waals surface area contributed by atoms with Crippen LogP contribution in [0.5, 0.6) is 11.5 Å². The fourth-order valence-electron chi connectivity index (χ4n) is 1.96. The molecular formula is C15H17NO3. The molecule has 0 amide bonds. The average Bonchev–Trinajstić information content (AvgIpc) is 2.37. The van der Waals surface area contributed by atoms with Gasteiger partial charge in [0.1, 0.15) is 11.5 Å². The Morgan fingerprint density at radius 3 is 2.37 bits per heavy atom. The van der Waals surface area contributed by atoms with Crippen LogP contribution in [0.2, 0.25) is 0 Å². The van der Waals surface area contributed by atoms with Gasteiger partial charge in [-0.05, 0) is 42.3 Å². The van der Waals surface area contributed by atoms with Crippen molar-refractivity contribution in [3.63, 3.8) is 0 Å². The van der Waals surface area contributed by atoms with Crippen molar-refractivity contribution in [3.05, 3.63) is 53.6 Å². The fraction of sp³-hybridized carbons (Fsp3) is 0.200. The van der Waals surface area contributed by atoms with Crippen molar-refractivity contribution in [3.8, 4) is 11.5 Å². The van der Waals surface area contributed by atoms with Gasteiger partial charge in [0.25, 0.3) is 0 Å². The highest BCUT2D eigenvalue weighted by atomic mass is 16.3. The maximum absolute atomic E-state index is 9.47. The topological polar surface area (TPSA) is 72.7 Å². The predicted molar refractivity (Wildman–Crippen MR) is 74.2 cm³/mol. The third-order valence-corrected chi connectivity index (χ3v) is 2.92. The second kappa shape index (κ2) is 5.63. The predicted octanol–water partition coefficient (Wildman–Crippen LogP) is 2.76. The van der Waals surface area contributed by atoms with Crippen molar-refractivity contribution in [1.82, 2.24) is 0 Å². The van der Waals surface area contributed by atoms with Crippen LogP contribution in [0.1, 0.15) is 24.1 Å². The smallest absolute Gasteiger partial charge is 0.119 e. The molecule has 2 aromatic carbocycles. The van der Waals surface area contributed by atoms with Crippen LogP contribution in [0.3, 0.4) is 0 Å². The minimum absolute atomic E-state index is 0.00316. The largest absolute Gasteiger partial charge is 0.508 e. The van der Waals surface area contributed by atoms with E-state index in [1.54, 1.807) is 12.1 Å². The summed E-state index contributed by atoms with van der Waals surface area (Å²) in [5.41, 5.74) is 2.49. The summed E-state index contributed by atoms with van der Waals surface area (Å²) in [4.78, 5) is 0. The summed E-state index contributed by atoms with van der Waals surface area (Å²) in [6.07, 6.45) is 0. The lowest BCUT2D eigenvalue weighted by molar-refractivity contribution is 0.282. The minimum atomic E-state index is -0.0769. The van der Waals surface area contributed by atoms with Crippen molar-refractivity contribution in [2.24, 2.45) is 0 Å². The van der Waals surface area contributed by atoms with Crippen LogP contribution in [-0.4, -0.2) is 15.3 Å². The SMILES string of the molecule is CC(Nc1cccc(CO)c1)c1cc(O)cc(O)c1. The molecule has 0 bridgehead atoms. The van der Waals surface area contributed by atoms with E-state index in [0.717, 1.165) is 16.8 Å². The summed E-state index contributed by atoms with van der Waals surface area (Å²) >= 11 is 0. The van der Waals surface area contributed by atoms with E-state index in [1.165, 1.54) is 6.07 Å². The molecule has 1 atom stereocenters. The molecule has 0 heterocycles. The molecule has 2 rings (SSSR count). The van der Waals surface area contributed by atoms with Crippen LogP contribution >= 0.6 is 0 Å². The highest BCUT2D eigenvalue weighted by molar-refractivity contribution is 5.49. The molecule has 0 saturated carbocycles. The Hall–Kier alpha value is -2.20. The van der Waals surface area contributed by atoms with Gasteiger partial charge in [0.15, 0.2) is 0 Å². The maximum atomic E-state index is 9.47. The van der Waals surface area contributed by atoms with Gasteiger partial charge in [-0.2, -0.15) is 0 Å². The fourth-order valence-corrected chi connectivity index (χ4v) is 1.96. The minimum Gasteiger partial charge on any atom is -0.508 e. The lowest BCUT2D eigenvalue weighted by Crippen LogP contribution is -2.06. The third kappa shape index (κ3) is 3.39. The third-order valence-electron chi connectivity index (χ3n) is 2.92. The van der Waals surface area contributed by atoms with Gasteiger partial charge < -0.3 is 20.6 Å². The Morgan fingerprint density at radius 2 is 1.74 bits per heavy atom. The van der Waals surface area contributed by atoms with Crippen molar-refractivity contribution >= 4 is 5.69 Å². The van der Waals surface area contributed by atoms with Gasteiger partial charge >= 0.3 is 0 Å². The molecule has 19 heavy (non-hydrogen) atoms. The number of aromatic hydroxyl groups is 2. The first-order valence-corrected chi connectivity index (χ1v) is 6.08. The van der Waals surface area contributed by atoms with E-state index < -0.39 is 0 Å². The molecule has 0 aliphatic carbocycles. The van der Waals surface area contributed by atoms with Crippen LogP contribution in [0.25, 0.3) is 0 Å². The summed E-state index contributed by atoms with van der Waals surface area (Å²) < 4.78 is 0. The second-order valence-corrected chi connectivity index (χ2v) is 4.51. The second-order valence-electron chi connectivity index (χ2n) is 4.51. The van der Waals surface area contributed by atoms with Crippen molar-refractivity contribution in [1.29, 1.82) is 0 Å². The highest BCUT2D eigenvalue weighted by Gasteiger charge is 2.08. The quantitative estimate of drug-likeness (QED) is 0.681. The molecular weight excluding hydrogens is 242 g/mol. The van der Waals surface area contributed by atoms with Gasteiger partial charge in [-0.3, -0.25) is 0 Å². The van der Waals surface area contributed by atoms with E-state index in [0.29, 0.717) is 0 Å². The molecule has 0 radical (unpaired) electrons. The highest BCUT2D eigenvalue weighted by Crippen LogP contribution is 2.27. The Balaban J connectivity index is 2.17. The Labute approximate surface area is 112 Å². The van der Waals surface area contributed by atoms with Gasteiger partial charge in [-0.25, -0.2) is 0 Å². The van der Waals surface area contributed by atoms with Crippen molar-refractivity contribution < 1.29 is 15.3 Å². The van der Waals surface area contributed by atoms with Crippen LogP contribution in [0.4, 0.5) is 5.69 Å². The Bertz CT molecular complexity index is 549. The number of aliphatic hydroxyl groups is 1. The summed E-state index contributed by atoms with van der Waals surface area (Å²) in [7, 11) is 0. The number of hydrogen-bond acceptors (Lipinski definition) is 4. The van der Waals surface area contributed by atoms with Crippen molar-refractivity contribution in [2.45, 2.75) is 19.6 Å². The Kier molecular flexibility index (Phi) is 3.92. The van der Waals surface area contributed by atoms with E-state index in [-0.39, 0.29) is 24.1 Å². The molecule has 0 saturated heterocycles. The molecule has 100 valence electrons. The molecule has 4 N–H and O–H groups in total. The number of hydrogen-bond donors (Lipinski definition) is 4. The standard InChI is InChI=1S/C15H17NO3/c1-10(12-6-14(18)8-15(19)7-12)16-13-4-2-3-11(5-13)9-17/h2-8,10,16-19H,9H2,1H3. The van der Waals surface area contributed by atoms with E-state index >= 15 is 0 Å². The number of phenolic OH excluding ortho intramolecular Hbond substituents is 2. The molecule has 0 fully saturated rings. The number of benzene rings is 2. The first-order valence-electron chi connectivity index (χ1n) is 6.08. The summed E-state index contributed by atoms with van der Waals surface area (Å²) in [6, 6.07) is 11.9. The van der Waals surface area contributed by atoms with Crippen LogP contribution in [-0.2, 0) is 6.61 Å². The van der Waals surface area contributed by atoms with E-state index in [2.05, 4.69) is 5.32 Å². The molecule has 0 aliphatic heterocycles.